The summed E-state index contributed by atoms with van der Waals surface area (Å²) in [5.74, 6) is 1.74. The molecule has 0 saturated carbocycles. The molecule has 0 saturated heterocycles. The van der Waals surface area contributed by atoms with Crippen LogP contribution in [0.1, 0.15) is 54.1 Å². The van der Waals surface area contributed by atoms with Crippen molar-refractivity contribution in [2.75, 3.05) is 24.0 Å². The van der Waals surface area contributed by atoms with Crippen molar-refractivity contribution in [2.45, 2.75) is 44.9 Å². The van der Waals surface area contributed by atoms with Gasteiger partial charge in [-0.15, -0.1) is 11.8 Å². The van der Waals surface area contributed by atoms with Crippen molar-refractivity contribution >= 4 is 29.4 Å². The van der Waals surface area contributed by atoms with E-state index in [1.54, 1.807) is 11.1 Å². The van der Waals surface area contributed by atoms with Gasteiger partial charge in [0, 0.05) is 17.2 Å². The van der Waals surface area contributed by atoms with Gasteiger partial charge in [0.15, 0.2) is 11.5 Å². The number of thioether (sulfide) groups is 1. The van der Waals surface area contributed by atoms with Gasteiger partial charge in [-0.25, -0.2) is 4.68 Å². The highest BCUT2D eigenvalue weighted by molar-refractivity contribution is 8.00. The van der Waals surface area contributed by atoms with Gasteiger partial charge < -0.3 is 14.8 Å². The molecule has 2 aromatic heterocycles. The lowest BCUT2D eigenvalue weighted by atomic mass is 9.87. The minimum absolute atomic E-state index is 0.145. The van der Waals surface area contributed by atoms with E-state index < -0.39 is 0 Å². The first-order chi connectivity index (χ1) is 20.2. The first-order valence-electron chi connectivity index (χ1n) is 13.9. The van der Waals surface area contributed by atoms with Gasteiger partial charge in [-0.3, -0.25) is 19.5 Å². The van der Waals surface area contributed by atoms with E-state index in [0.717, 1.165) is 33.8 Å². The summed E-state index contributed by atoms with van der Waals surface area (Å²) in [5.41, 5.74) is 5.04. The van der Waals surface area contributed by atoms with Gasteiger partial charge in [0.05, 0.1) is 34.6 Å². The molecule has 2 aliphatic rings. The largest absolute Gasteiger partial charge is 0.454 e. The van der Waals surface area contributed by atoms with Crippen molar-refractivity contribution in [3.05, 3.63) is 94.9 Å². The fourth-order valence-electron chi connectivity index (χ4n) is 5.24. The van der Waals surface area contributed by atoms with Crippen LogP contribution in [-0.4, -0.2) is 45.7 Å². The number of aryl methyl sites for hydroxylation is 1. The monoisotopic (exact) mass is 583 g/mol. The number of ether oxygens (including phenoxy) is 2. The van der Waals surface area contributed by atoms with E-state index in [1.807, 2.05) is 72.3 Å². The van der Waals surface area contributed by atoms with Crippen molar-refractivity contribution < 1.29 is 19.1 Å². The number of carbonyl (C=O) groups is 2. The molecule has 0 radical (unpaired) electrons. The van der Waals surface area contributed by atoms with Gasteiger partial charge in [-0.1, -0.05) is 45.0 Å². The zero-order valence-corrected chi connectivity index (χ0v) is 24.9. The Morgan fingerprint density at radius 3 is 2.67 bits per heavy atom. The number of rotatable bonds is 6. The van der Waals surface area contributed by atoms with Gasteiger partial charge in [0.1, 0.15) is 12.4 Å². The van der Waals surface area contributed by atoms with E-state index in [9.17, 15) is 9.59 Å². The summed E-state index contributed by atoms with van der Waals surface area (Å²) in [5, 5.41) is 7.87. The van der Waals surface area contributed by atoms with E-state index in [2.05, 4.69) is 31.1 Å². The number of nitrogens with one attached hydrogen (secondary N) is 1. The number of amides is 2. The molecule has 6 rings (SSSR count). The first-order valence-corrected chi connectivity index (χ1v) is 14.9. The lowest BCUT2D eigenvalue weighted by molar-refractivity contribution is -0.123. The molecule has 2 aromatic carbocycles. The van der Waals surface area contributed by atoms with Crippen LogP contribution in [0.25, 0.3) is 5.69 Å². The Morgan fingerprint density at radius 1 is 1.07 bits per heavy atom. The highest BCUT2D eigenvalue weighted by atomic mass is 32.2. The molecule has 216 valence electrons. The summed E-state index contributed by atoms with van der Waals surface area (Å²) in [6.07, 6.45) is 1.69. The minimum atomic E-state index is -0.353. The number of anilines is 1. The standard InChI is InChI=1S/C32H33N5O4S/c1-20-8-7-10-23(14-20)37-31-28(30(35-37)32(2,3)4)29(21-11-12-24-25(15-21)41-19-40-24)42-18-27(39)36(31)17-26(38)34-16-22-9-5-6-13-33-22/h5-15,29H,16-19H2,1-4H3,(H,34,38)/t29-/m1/s1. The number of hydrogen-bond acceptors (Lipinski definition) is 7. The van der Waals surface area contributed by atoms with Gasteiger partial charge in [-0.2, -0.15) is 5.10 Å². The van der Waals surface area contributed by atoms with Crippen molar-refractivity contribution in [2.24, 2.45) is 0 Å². The Hall–Kier alpha value is -4.31. The quantitative estimate of drug-likeness (QED) is 0.338. The number of carbonyl (C=O) groups excluding carboxylic acids is 2. The number of aromatic nitrogens is 3. The van der Waals surface area contributed by atoms with E-state index in [1.165, 1.54) is 11.8 Å². The zero-order valence-electron chi connectivity index (χ0n) is 24.1. The number of benzene rings is 2. The summed E-state index contributed by atoms with van der Waals surface area (Å²) in [7, 11) is 0. The normalized spacial score (nSPS) is 16.2. The molecule has 0 spiro atoms. The maximum atomic E-state index is 13.9. The second-order valence-corrected chi connectivity index (χ2v) is 12.6. The number of nitrogens with zero attached hydrogens (tertiary/aromatic N) is 4. The average Bonchev–Trinajstić information content (AvgIpc) is 3.57. The molecular formula is C32H33N5O4S. The highest BCUT2D eigenvalue weighted by Crippen LogP contribution is 2.49. The molecule has 1 N–H and O–H groups in total. The van der Waals surface area contributed by atoms with E-state index in [0.29, 0.717) is 17.3 Å². The smallest absolute Gasteiger partial charge is 0.240 e. The molecule has 0 aliphatic carbocycles. The molecule has 1 atom stereocenters. The number of fused-ring (bicyclic) bond motifs is 2. The van der Waals surface area contributed by atoms with Crippen LogP contribution >= 0.6 is 11.8 Å². The maximum absolute atomic E-state index is 13.9. The lowest BCUT2D eigenvalue weighted by Gasteiger charge is -2.24. The number of pyridine rings is 1. The van der Waals surface area contributed by atoms with Crippen LogP contribution in [0.3, 0.4) is 0 Å². The molecule has 2 amide bonds. The van der Waals surface area contributed by atoms with Gasteiger partial charge in [0.2, 0.25) is 18.6 Å². The third kappa shape index (κ3) is 5.46. The molecule has 0 bridgehead atoms. The molecule has 2 aliphatic heterocycles. The second kappa shape index (κ2) is 11.2. The lowest BCUT2D eigenvalue weighted by Crippen LogP contribution is -2.42. The SMILES string of the molecule is Cc1cccc(-n2nc(C(C)(C)C)c3c2N(CC(=O)NCc2ccccn2)C(=O)CS[C@@H]3c2ccc3c(c2)OCO3)c1. The van der Waals surface area contributed by atoms with E-state index >= 15 is 0 Å². The van der Waals surface area contributed by atoms with Crippen molar-refractivity contribution in [3.63, 3.8) is 0 Å². The minimum Gasteiger partial charge on any atom is -0.454 e. The van der Waals surface area contributed by atoms with Crippen LogP contribution < -0.4 is 19.7 Å². The van der Waals surface area contributed by atoms with Crippen LogP contribution in [0, 0.1) is 6.92 Å². The second-order valence-electron chi connectivity index (χ2n) is 11.5. The Balaban J connectivity index is 1.49. The summed E-state index contributed by atoms with van der Waals surface area (Å²) in [6, 6.07) is 19.5. The van der Waals surface area contributed by atoms with Crippen LogP contribution in [-0.2, 0) is 21.5 Å². The third-order valence-electron chi connectivity index (χ3n) is 7.24. The molecule has 0 unspecified atom stereocenters. The van der Waals surface area contributed by atoms with Gasteiger partial charge in [0.25, 0.3) is 0 Å². The highest BCUT2D eigenvalue weighted by Gasteiger charge is 2.40. The first kappa shape index (κ1) is 27.8. The Bertz CT molecular complexity index is 1650. The molecule has 9 nitrogen and oxygen atoms in total. The fourth-order valence-corrected chi connectivity index (χ4v) is 6.43. The van der Waals surface area contributed by atoms with E-state index in [4.69, 9.17) is 14.6 Å². The van der Waals surface area contributed by atoms with Crippen LogP contribution in [0.4, 0.5) is 5.82 Å². The van der Waals surface area contributed by atoms with Crippen molar-refractivity contribution in [1.29, 1.82) is 0 Å². The predicted molar refractivity (Wildman–Crippen MR) is 162 cm³/mol. The Kier molecular flexibility index (Phi) is 7.40. The van der Waals surface area contributed by atoms with Gasteiger partial charge in [-0.05, 0) is 54.4 Å². The molecule has 4 aromatic rings. The van der Waals surface area contributed by atoms with Crippen molar-refractivity contribution in [1.82, 2.24) is 20.1 Å². The zero-order chi connectivity index (χ0) is 29.4. The molecule has 0 fully saturated rings. The van der Waals surface area contributed by atoms with Crippen LogP contribution in [0.15, 0.2) is 66.9 Å². The molecule has 4 heterocycles. The molecular weight excluding hydrogens is 550 g/mol. The number of hydrogen-bond donors (Lipinski definition) is 1. The molecule has 42 heavy (non-hydrogen) atoms. The van der Waals surface area contributed by atoms with Crippen LogP contribution in [0.2, 0.25) is 0 Å². The topological polar surface area (TPSA) is 98.6 Å². The van der Waals surface area contributed by atoms with Crippen molar-refractivity contribution in [3.8, 4) is 17.2 Å². The summed E-state index contributed by atoms with van der Waals surface area (Å²) >= 11 is 1.53. The predicted octanol–water partition coefficient (Wildman–Crippen LogP) is 5.09. The third-order valence-corrected chi connectivity index (χ3v) is 8.49. The van der Waals surface area contributed by atoms with Crippen LogP contribution in [0.5, 0.6) is 11.5 Å². The molecule has 10 heteroatoms. The Morgan fingerprint density at radius 2 is 1.90 bits per heavy atom. The average molecular weight is 584 g/mol. The summed E-state index contributed by atoms with van der Waals surface area (Å²) in [6.45, 7) is 8.69. The van der Waals surface area contributed by atoms with Gasteiger partial charge >= 0.3 is 0 Å². The summed E-state index contributed by atoms with van der Waals surface area (Å²) in [4.78, 5) is 33.1. The maximum Gasteiger partial charge on any atom is 0.240 e. The Labute approximate surface area is 249 Å². The van der Waals surface area contributed by atoms with E-state index in [-0.39, 0.29) is 48.1 Å². The fraction of sp³-hybridized carbons (Fsp3) is 0.312. The summed E-state index contributed by atoms with van der Waals surface area (Å²) < 4.78 is 13.1.